The zero-order chi connectivity index (χ0) is 12.7. The number of hydrogen-bond donors (Lipinski definition) is 2. The second-order valence-electron chi connectivity index (χ2n) is 4.44. The quantitative estimate of drug-likeness (QED) is 0.691. The molecular weight excluding hydrogens is 220 g/mol. The summed E-state index contributed by atoms with van der Waals surface area (Å²) < 4.78 is 0. The van der Waals surface area contributed by atoms with Gasteiger partial charge >= 0.3 is 5.97 Å². The monoisotopic (exact) mass is 240 g/mol. The van der Waals surface area contributed by atoms with Crippen LogP contribution < -0.4 is 5.32 Å². The molecule has 1 rings (SSSR count). The highest BCUT2D eigenvalue weighted by Gasteiger charge is 2.13. The number of amides is 1. The molecule has 1 amide bonds. The Kier molecular flexibility index (Phi) is 5.69. The lowest BCUT2D eigenvalue weighted by atomic mass is 10.1. The van der Waals surface area contributed by atoms with Crippen LogP contribution in [0.4, 0.5) is 0 Å². The van der Waals surface area contributed by atoms with E-state index in [-0.39, 0.29) is 11.9 Å². The summed E-state index contributed by atoms with van der Waals surface area (Å²) >= 11 is 0. The van der Waals surface area contributed by atoms with Crippen molar-refractivity contribution in [1.29, 1.82) is 0 Å². The van der Waals surface area contributed by atoms with E-state index in [4.69, 9.17) is 5.11 Å². The molecule has 0 aromatic rings. The molecule has 0 aromatic carbocycles. The van der Waals surface area contributed by atoms with Crippen LogP contribution in [0, 0.1) is 0 Å². The van der Waals surface area contributed by atoms with Gasteiger partial charge < -0.3 is 15.3 Å². The Balaban J connectivity index is 2.25. The predicted octanol–water partition coefficient (Wildman–Crippen LogP) is 0.618. The average Bonchev–Trinajstić information content (AvgIpc) is 2.27. The van der Waals surface area contributed by atoms with E-state index in [9.17, 15) is 9.59 Å². The van der Waals surface area contributed by atoms with E-state index in [0.717, 1.165) is 31.8 Å². The molecule has 1 saturated heterocycles. The van der Waals surface area contributed by atoms with E-state index in [1.807, 2.05) is 6.92 Å². The molecule has 5 heteroatoms. The first kappa shape index (κ1) is 13.7. The minimum atomic E-state index is -1.11. The second kappa shape index (κ2) is 7.06. The number of piperidine rings is 1. The van der Waals surface area contributed by atoms with Crippen LogP contribution in [0.25, 0.3) is 0 Å². The normalized spacial score (nSPS) is 19.1. The number of carboxylic acids is 1. The maximum absolute atomic E-state index is 11.3. The third-order valence-corrected chi connectivity index (χ3v) is 2.75. The van der Waals surface area contributed by atoms with Gasteiger partial charge in [0.2, 0.25) is 5.91 Å². The van der Waals surface area contributed by atoms with Crippen LogP contribution >= 0.6 is 0 Å². The van der Waals surface area contributed by atoms with Crippen LogP contribution in [0.2, 0.25) is 0 Å². The van der Waals surface area contributed by atoms with Gasteiger partial charge in [0.05, 0.1) is 0 Å². The summed E-state index contributed by atoms with van der Waals surface area (Å²) in [7, 11) is 0. The third-order valence-electron chi connectivity index (χ3n) is 2.75. The lowest BCUT2D eigenvalue weighted by molar-refractivity contribution is -0.131. The van der Waals surface area contributed by atoms with Gasteiger partial charge in [0.15, 0.2) is 0 Å². The van der Waals surface area contributed by atoms with Crippen LogP contribution in [-0.4, -0.2) is 47.6 Å². The van der Waals surface area contributed by atoms with Crippen molar-refractivity contribution >= 4 is 11.9 Å². The number of carboxylic acid groups (broad SMARTS) is 1. The Morgan fingerprint density at radius 3 is 2.53 bits per heavy atom. The minimum Gasteiger partial charge on any atom is -0.478 e. The minimum absolute atomic E-state index is 0.0408. The molecule has 1 aliphatic rings. The smallest absolute Gasteiger partial charge is 0.328 e. The van der Waals surface area contributed by atoms with Gasteiger partial charge in [-0.05, 0) is 32.9 Å². The molecule has 1 fully saturated rings. The maximum Gasteiger partial charge on any atom is 0.328 e. The molecule has 1 unspecified atom stereocenters. The SMILES string of the molecule is CC(CN1CCCCC1)NC(=O)/C=C/C(=O)O. The molecule has 2 N–H and O–H groups in total. The second-order valence-corrected chi connectivity index (χ2v) is 4.44. The highest BCUT2D eigenvalue weighted by atomic mass is 16.4. The largest absolute Gasteiger partial charge is 0.478 e. The van der Waals surface area contributed by atoms with Gasteiger partial charge in [-0.15, -0.1) is 0 Å². The van der Waals surface area contributed by atoms with Crippen LogP contribution in [0.15, 0.2) is 12.2 Å². The Labute approximate surface area is 101 Å². The fraction of sp³-hybridized carbons (Fsp3) is 0.667. The Bertz CT molecular complexity index is 296. The number of aliphatic carboxylic acids is 1. The predicted molar refractivity (Wildman–Crippen MR) is 64.7 cm³/mol. The molecule has 0 aromatic heterocycles. The van der Waals surface area contributed by atoms with E-state index in [2.05, 4.69) is 10.2 Å². The summed E-state index contributed by atoms with van der Waals surface area (Å²) in [6.07, 6.45) is 5.63. The number of nitrogens with one attached hydrogen (secondary N) is 1. The molecule has 17 heavy (non-hydrogen) atoms. The molecule has 0 radical (unpaired) electrons. The van der Waals surface area contributed by atoms with E-state index in [0.29, 0.717) is 0 Å². The van der Waals surface area contributed by atoms with E-state index < -0.39 is 5.97 Å². The van der Waals surface area contributed by atoms with E-state index in [1.54, 1.807) is 0 Å². The van der Waals surface area contributed by atoms with Crippen LogP contribution in [0.5, 0.6) is 0 Å². The first-order valence-electron chi connectivity index (χ1n) is 6.02. The number of likely N-dealkylation sites (tertiary alicyclic amines) is 1. The number of carbonyl (C=O) groups excluding carboxylic acids is 1. The van der Waals surface area contributed by atoms with Crippen molar-refractivity contribution in [3.8, 4) is 0 Å². The number of rotatable bonds is 5. The molecular formula is C12H20N2O3. The molecule has 96 valence electrons. The van der Waals surface area contributed by atoms with Crippen molar-refractivity contribution in [2.24, 2.45) is 0 Å². The Morgan fingerprint density at radius 1 is 1.29 bits per heavy atom. The topological polar surface area (TPSA) is 69.6 Å². The molecule has 0 bridgehead atoms. The van der Waals surface area contributed by atoms with Crippen molar-refractivity contribution in [3.05, 3.63) is 12.2 Å². The van der Waals surface area contributed by atoms with Crippen LogP contribution in [0.1, 0.15) is 26.2 Å². The Morgan fingerprint density at radius 2 is 1.94 bits per heavy atom. The fourth-order valence-electron chi connectivity index (χ4n) is 2.01. The average molecular weight is 240 g/mol. The van der Waals surface area contributed by atoms with Crippen LogP contribution in [-0.2, 0) is 9.59 Å². The summed E-state index contributed by atoms with van der Waals surface area (Å²) in [6.45, 7) is 4.93. The molecule has 0 spiro atoms. The summed E-state index contributed by atoms with van der Waals surface area (Å²) in [6, 6.07) is 0.0408. The summed E-state index contributed by atoms with van der Waals surface area (Å²) in [5, 5.41) is 11.1. The van der Waals surface area contributed by atoms with Gasteiger partial charge in [0, 0.05) is 24.7 Å². The number of carbonyl (C=O) groups is 2. The zero-order valence-corrected chi connectivity index (χ0v) is 10.2. The fourth-order valence-corrected chi connectivity index (χ4v) is 2.01. The first-order valence-corrected chi connectivity index (χ1v) is 6.02. The van der Waals surface area contributed by atoms with Crippen molar-refractivity contribution in [3.63, 3.8) is 0 Å². The molecule has 0 aliphatic carbocycles. The first-order chi connectivity index (χ1) is 8.08. The van der Waals surface area contributed by atoms with Crippen molar-refractivity contribution in [2.75, 3.05) is 19.6 Å². The summed E-state index contributed by atoms with van der Waals surface area (Å²) in [5.41, 5.74) is 0. The van der Waals surface area contributed by atoms with E-state index >= 15 is 0 Å². The van der Waals surface area contributed by atoms with Gasteiger partial charge in [-0.2, -0.15) is 0 Å². The standard InChI is InChI=1S/C12H20N2O3/c1-10(9-14-7-3-2-4-8-14)13-11(15)5-6-12(16)17/h5-6,10H,2-4,7-9H2,1H3,(H,13,15)(H,16,17)/b6-5+. The molecule has 0 saturated carbocycles. The maximum atomic E-state index is 11.3. The summed E-state index contributed by atoms with van der Waals surface area (Å²) in [4.78, 5) is 23.9. The van der Waals surface area contributed by atoms with Gasteiger partial charge in [-0.1, -0.05) is 6.42 Å². The third kappa shape index (κ3) is 6.06. The molecule has 1 atom stereocenters. The highest BCUT2D eigenvalue weighted by Crippen LogP contribution is 2.08. The lowest BCUT2D eigenvalue weighted by Crippen LogP contribution is -2.43. The van der Waals surface area contributed by atoms with Crippen LogP contribution in [0.3, 0.4) is 0 Å². The van der Waals surface area contributed by atoms with Crippen molar-refractivity contribution < 1.29 is 14.7 Å². The zero-order valence-electron chi connectivity index (χ0n) is 10.2. The lowest BCUT2D eigenvalue weighted by Gasteiger charge is -2.29. The van der Waals surface area contributed by atoms with Gasteiger partial charge in [-0.3, -0.25) is 4.79 Å². The van der Waals surface area contributed by atoms with Gasteiger partial charge in [0.1, 0.15) is 0 Å². The number of hydrogen-bond acceptors (Lipinski definition) is 3. The van der Waals surface area contributed by atoms with Crippen molar-refractivity contribution in [2.45, 2.75) is 32.2 Å². The molecule has 5 nitrogen and oxygen atoms in total. The van der Waals surface area contributed by atoms with Gasteiger partial charge in [0.25, 0.3) is 0 Å². The number of nitrogens with zero attached hydrogens (tertiary/aromatic N) is 1. The van der Waals surface area contributed by atoms with E-state index in [1.165, 1.54) is 19.3 Å². The molecule has 1 aliphatic heterocycles. The van der Waals surface area contributed by atoms with Gasteiger partial charge in [-0.25, -0.2) is 4.79 Å². The highest BCUT2D eigenvalue weighted by molar-refractivity contribution is 5.93. The summed E-state index contributed by atoms with van der Waals surface area (Å²) in [5.74, 6) is -1.46. The molecule has 1 heterocycles. The van der Waals surface area contributed by atoms with Crippen molar-refractivity contribution in [1.82, 2.24) is 10.2 Å². The Hall–Kier alpha value is -1.36.